The normalized spacial score (nSPS) is 16.0. The Morgan fingerprint density at radius 3 is 2.00 bits per heavy atom. The van der Waals surface area contributed by atoms with Crippen LogP contribution in [0.2, 0.25) is 25.7 Å². The van der Waals surface area contributed by atoms with Crippen molar-refractivity contribution in [1.82, 2.24) is 0 Å². The summed E-state index contributed by atoms with van der Waals surface area (Å²) in [6.45, 7) is 10.8. The molecule has 0 saturated heterocycles. The highest BCUT2D eigenvalue weighted by Crippen LogP contribution is 2.37. The summed E-state index contributed by atoms with van der Waals surface area (Å²) in [6.07, 6.45) is 0. The molecule has 17 heavy (non-hydrogen) atoms. The maximum absolute atomic E-state index is 12.9. The third-order valence-electron chi connectivity index (χ3n) is 3.10. The molecule has 0 aromatic heterocycles. The van der Waals surface area contributed by atoms with E-state index in [1.807, 2.05) is 13.8 Å². The zero-order valence-corrected chi connectivity index (χ0v) is 12.4. The minimum atomic E-state index is -1.40. The molecule has 0 aliphatic rings. The fourth-order valence-corrected chi connectivity index (χ4v) is 4.42. The molecule has 0 fully saturated rings. The summed E-state index contributed by atoms with van der Waals surface area (Å²) < 4.78 is 12.9. The first kappa shape index (κ1) is 14.4. The molecule has 0 aliphatic heterocycles. The Morgan fingerprint density at radius 1 is 1.18 bits per heavy atom. The van der Waals surface area contributed by atoms with Crippen molar-refractivity contribution >= 4 is 8.07 Å². The van der Waals surface area contributed by atoms with E-state index in [1.165, 1.54) is 12.1 Å². The van der Waals surface area contributed by atoms with Crippen LogP contribution in [0, 0.1) is 11.7 Å². The molecule has 1 atom stereocenters. The van der Waals surface area contributed by atoms with Crippen LogP contribution in [0.25, 0.3) is 0 Å². The molecular weight excluding hydrogens is 231 g/mol. The Bertz CT molecular complexity index is 367. The van der Waals surface area contributed by atoms with Crippen LogP contribution in [0.1, 0.15) is 19.4 Å². The van der Waals surface area contributed by atoms with Crippen molar-refractivity contribution in [2.45, 2.75) is 45.1 Å². The second-order valence-electron chi connectivity index (χ2n) is 6.32. The van der Waals surface area contributed by atoms with Gasteiger partial charge in [-0.3, -0.25) is 0 Å². The lowest BCUT2D eigenvalue weighted by molar-refractivity contribution is 0.00775. The van der Waals surface area contributed by atoms with E-state index in [1.54, 1.807) is 12.1 Å². The summed E-state index contributed by atoms with van der Waals surface area (Å²) >= 11 is 0. The van der Waals surface area contributed by atoms with E-state index in [0.29, 0.717) is 0 Å². The van der Waals surface area contributed by atoms with Crippen LogP contribution in [0.4, 0.5) is 4.39 Å². The van der Waals surface area contributed by atoms with E-state index in [9.17, 15) is 9.50 Å². The summed E-state index contributed by atoms with van der Waals surface area (Å²) in [6, 6.07) is 7.05. The molecule has 1 rings (SSSR count). The molecule has 1 N–H and O–H groups in total. The van der Waals surface area contributed by atoms with Crippen LogP contribution in [-0.4, -0.2) is 13.2 Å². The highest BCUT2D eigenvalue weighted by atomic mass is 28.3. The van der Waals surface area contributed by atoms with Crippen molar-refractivity contribution in [3.8, 4) is 0 Å². The molecule has 0 radical (unpaired) electrons. The topological polar surface area (TPSA) is 20.2 Å². The molecule has 0 bridgehead atoms. The van der Waals surface area contributed by atoms with Gasteiger partial charge in [0.1, 0.15) is 5.82 Å². The largest absolute Gasteiger partial charge is 0.385 e. The van der Waals surface area contributed by atoms with E-state index in [0.717, 1.165) is 11.6 Å². The van der Waals surface area contributed by atoms with Gasteiger partial charge in [-0.05, 0) is 29.7 Å². The number of rotatable bonds is 4. The van der Waals surface area contributed by atoms with Gasteiger partial charge in [0.05, 0.1) is 5.60 Å². The van der Waals surface area contributed by atoms with Crippen LogP contribution >= 0.6 is 0 Å². The molecule has 1 aromatic carbocycles. The van der Waals surface area contributed by atoms with E-state index in [2.05, 4.69) is 19.6 Å². The second-order valence-corrected chi connectivity index (χ2v) is 11.8. The van der Waals surface area contributed by atoms with Crippen molar-refractivity contribution in [3.63, 3.8) is 0 Å². The summed E-state index contributed by atoms with van der Waals surface area (Å²) in [7, 11) is -1.40. The standard InChI is InChI=1S/C14H23FOSi/c1-11(2)14(16,10-17(3,4)5)12-6-8-13(15)9-7-12/h6-9,11,16H,10H2,1-5H3. The van der Waals surface area contributed by atoms with E-state index < -0.39 is 13.7 Å². The van der Waals surface area contributed by atoms with Gasteiger partial charge in [-0.15, -0.1) is 0 Å². The van der Waals surface area contributed by atoms with Crippen molar-refractivity contribution in [2.75, 3.05) is 0 Å². The first-order valence-corrected chi connectivity index (χ1v) is 9.84. The molecular formula is C14H23FOSi. The lowest BCUT2D eigenvalue weighted by atomic mass is 9.85. The highest BCUT2D eigenvalue weighted by molar-refractivity contribution is 6.76. The Labute approximate surface area is 105 Å². The predicted molar refractivity (Wildman–Crippen MR) is 73.3 cm³/mol. The fraction of sp³-hybridized carbons (Fsp3) is 0.571. The van der Waals surface area contributed by atoms with Crippen molar-refractivity contribution < 1.29 is 9.50 Å². The second kappa shape index (κ2) is 4.90. The van der Waals surface area contributed by atoms with Gasteiger partial charge in [0.25, 0.3) is 0 Å². The molecule has 0 aliphatic carbocycles. The average Bonchev–Trinajstić information content (AvgIpc) is 2.15. The number of hydrogen-bond donors (Lipinski definition) is 1. The van der Waals surface area contributed by atoms with Crippen LogP contribution < -0.4 is 0 Å². The van der Waals surface area contributed by atoms with Crippen LogP contribution in [0.3, 0.4) is 0 Å². The lowest BCUT2D eigenvalue weighted by Crippen LogP contribution is -2.40. The third kappa shape index (κ3) is 3.65. The van der Waals surface area contributed by atoms with Crippen molar-refractivity contribution in [2.24, 2.45) is 5.92 Å². The summed E-state index contributed by atoms with van der Waals surface area (Å²) in [5.74, 6) is -0.132. The van der Waals surface area contributed by atoms with Crippen LogP contribution in [0.5, 0.6) is 0 Å². The molecule has 0 spiro atoms. The van der Waals surface area contributed by atoms with Gasteiger partial charge >= 0.3 is 0 Å². The minimum Gasteiger partial charge on any atom is -0.385 e. The third-order valence-corrected chi connectivity index (χ3v) is 4.70. The smallest absolute Gasteiger partial charge is 0.123 e. The van der Waals surface area contributed by atoms with Gasteiger partial charge < -0.3 is 5.11 Å². The summed E-state index contributed by atoms with van der Waals surface area (Å²) in [5, 5.41) is 10.9. The number of aliphatic hydroxyl groups is 1. The van der Waals surface area contributed by atoms with Gasteiger partial charge in [-0.2, -0.15) is 0 Å². The molecule has 1 aromatic rings. The number of benzene rings is 1. The minimum absolute atomic E-state index is 0.125. The number of hydrogen-bond acceptors (Lipinski definition) is 1. The van der Waals surface area contributed by atoms with E-state index in [4.69, 9.17) is 0 Å². The van der Waals surface area contributed by atoms with Gasteiger partial charge in [-0.1, -0.05) is 45.6 Å². The molecule has 0 saturated carbocycles. The molecule has 1 nitrogen and oxygen atoms in total. The fourth-order valence-electron chi connectivity index (χ4n) is 2.19. The first-order valence-electron chi connectivity index (χ1n) is 6.13. The zero-order chi connectivity index (χ0) is 13.3. The maximum atomic E-state index is 12.9. The molecule has 3 heteroatoms. The molecule has 96 valence electrons. The van der Waals surface area contributed by atoms with Crippen LogP contribution in [-0.2, 0) is 5.60 Å². The lowest BCUT2D eigenvalue weighted by Gasteiger charge is -2.37. The van der Waals surface area contributed by atoms with E-state index >= 15 is 0 Å². The van der Waals surface area contributed by atoms with E-state index in [-0.39, 0.29) is 11.7 Å². The summed E-state index contributed by atoms with van der Waals surface area (Å²) in [4.78, 5) is 0. The molecule has 0 heterocycles. The SMILES string of the molecule is CC(C)C(O)(C[Si](C)(C)C)c1ccc(F)cc1. The van der Waals surface area contributed by atoms with Crippen molar-refractivity contribution in [1.29, 1.82) is 0 Å². The predicted octanol–water partition coefficient (Wildman–Crippen LogP) is 4.01. The van der Waals surface area contributed by atoms with Gasteiger partial charge in [0.2, 0.25) is 0 Å². The maximum Gasteiger partial charge on any atom is 0.123 e. The quantitative estimate of drug-likeness (QED) is 0.805. The molecule has 0 amide bonds. The highest BCUT2D eigenvalue weighted by Gasteiger charge is 2.37. The average molecular weight is 254 g/mol. The van der Waals surface area contributed by atoms with Gasteiger partial charge in [0.15, 0.2) is 0 Å². The molecule has 1 unspecified atom stereocenters. The Kier molecular flexibility index (Phi) is 4.15. The summed E-state index contributed by atoms with van der Waals surface area (Å²) in [5.41, 5.74) is -0.00522. The monoisotopic (exact) mass is 254 g/mol. The Balaban J connectivity index is 3.12. The van der Waals surface area contributed by atoms with Gasteiger partial charge in [-0.25, -0.2) is 4.39 Å². The Hall–Kier alpha value is -0.673. The zero-order valence-electron chi connectivity index (χ0n) is 11.4. The Morgan fingerprint density at radius 2 is 1.65 bits per heavy atom. The number of halogens is 1. The van der Waals surface area contributed by atoms with Gasteiger partial charge in [0, 0.05) is 8.07 Å². The van der Waals surface area contributed by atoms with Crippen molar-refractivity contribution in [3.05, 3.63) is 35.6 Å². The first-order chi connectivity index (χ1) is 7.65. The van der Waals surface area contributed by atoms with Crippen LogP contribution in [0.15, 0.2) is 24.3 Å².